The number of hydrogen-bond acceptors (Lipinski definition) is 3. The van der Waals surface area contributed by atoms with Gasteiger partial charge in [0.15, 0.2) is 5.17 Å². The van der Waals surface area contributed by atoms with Crippen molar-refractivity contribution in [2.24, 2.45) is 16.3 Å². The average Bonchev–Trinajstić information content (AvgIpc) is 2.97. The molecule has 1 saturated carbocycles. The number of ether oxygens (including phenoxy) is 1. The second-order valence-electron chi connectivity index (χ2n) is 6.15. The Kier molecular flexibility index (Phi) is 4.96. The zero-order valence-corrected chi connectivity index (χ0v) is 12.7. The quantitative estimate of drug-likeness (QED) is 0.772. The minimum atomic E-state index is 0.474. The molecule has 0 amide bonds. The van der Waals surface area contributed by atoms with Crippen LogP contribution in [0, 0.1) is 11.3 Å². The normalized spacial score (nSPS) is 27.8. The summed E-state index contributed by atoms with van der Waals surface area (Å²) in [5.41, 5.74) is 0.474. The number of nitrogens with zero attached hydrogens (tertiary/aromatic N) is 1. The lowest BCUT2D eigenvalue weighted by Crippen LogP contribution is -2.28. The Morgan fingerprint density at radius 2 is 2.28 bits per heavy atom. The van der Waals surface area contributed by atoms with Crippen molar-refractivity contribution in [1.82, 2.24) is 5.32 Å². The van der Waals surface area contributed by atoms with Crippen LogP contribution in [-0.2, 0) is 4.74 Å². The number of hydrogen-bond donors (Lipinski definition) is 1. The van der Waals surface area contributed by atoms with Gasteiger partial charge in [-0.25, -0.2) is 0 Å². The molecule has 0 bridgehead atoms. The summed E-state index contributed by atoms with van der Waals surface area (Å²) in [5.74, 6) is 1.95. The van der Waals surface area contributed by atoms with Crippen molar-refractivity contribution < 1.29 is 4.74 Å². The first-order chi connectivity index (χ1) is 8.63. The van der Waals surface area contributed by atoms with Crippen molar-refractivity contribution in [1.29, 1.82) is 0 Å². The standard InChI is InChI=1S/C14H26N2OS/c1-11(2)8-12-9-18-13(16-12)15-10-14(4-5-14)6-7-17-3/h11-12H,4-10H2,1-3H3,(H,15,16). The van der Waals surface area contributed by atoms with Gasteiger partial charge >= 0.3 is 0 Å². The highest BCUT2D eigenvalue weighted by Gasteiger charge is 2.42. The fourth-order valence-electron chi connectivity index (χ4n) is 2.45. The van der Waals surface area contributed by atoms with Gasteiger partial charge in [-0.15, -0.1) is 0 Å². The van der Waals surface area contributed by atoms with Crippen LogP contribution in [0.3, 0.4) is 0 Å². The molecule has 1 atom stereocenters. The summed E-state index contributed by atoms with van der Waals surface area (Å²) in [4.78, 5) is 4.78. The smallest absolute Gasteiger partial charge is 0.156 e. The first-order valence-electron chi connectivity index (χ1n) is 7.06. The molecule has 1 heterocycles. The minimum absolute atomic E-state index is 0.474. The second kappa shape index (κ2) is 6.29. The summed E-state index contributed by atoms with van der Waals surface area (Å²) in [6.07, 6.45) is 5.07. The Morgan fingerprint density at radius 1 is 1.50 bits per heavy atom. The first-order valence-corrected chi connectivity index (χ1v) is 8.05. The van der Waals surface area contributed by atoms with Gasteiger partial charge in [-0.05, 0) is 37.0 Å². The Bertz CT molecular complexity index is 300. The molecule has 0 aromatic heterocycles. The third-order valence-corrected chi connectivity index (χ3v) is 4.95. The maximum absolute atomic E-state index is 5.18. The van der Waals surface area contributed by atoms with Crippen LogP contribution in [0.1, 0.15) is 39.5 Å². The molecule has 1 aliphatic heterocycles. The van der Waals surface area contributed by atoms with Gasteiger partial charge in [0.05, 0.1) is 0 Å². The number of nitrogens with one attached hydrogen (secondary N) is 1. The van der Waals surface area contributed by atoms with Crippen LogP contribution in [0.15, 0.2) is 4.99 Å². The maximum Gasteiger partial charge on any atom is 0.156 e. The number of amidine groups is 1. The molecule has 0 spiro atoms. The van der Waals surface area contributed by atoms with Crippen molar-refractivity contribution in [2.45, 2.75) is 45.6 Å². The fourth-order valence-corrected chi connectivity index (χ4v) is 3.43. The van der Waals surface area contributed by atoms with Gasteiger partial charge in [0.25, 0.3) is 0 Å². The number of aliphatic imine (C=N–C) groups is 1. The molecular weight excluding hydrogens is 244 g/mol. The molecule has 4 heteroatoms. The van der Waals surface area contributed by atoms with E-state index in [0.29, 0.717) is 11.5 Å². The van der Waals surface area contributed by atoms with Crippen LogP contribution in [0.2, 0.25) is 0 Å². The van der Waals surface area contributed by atoms with Gasteiger partial charge in [0.1, 0.15) is 0 Å². The number of methoxy groups -OCH3 is 1. The maximum atomic E-state index is 5.18. The molecule has 2 fully saturated rings. The summed E-state index contributed by atoms with van der Waals surface area (Å²) >= 11 is 1.89. The first kappa shape index (κ1) is 14.2. The molecule has 2 aliphatic rings. The molecule has 0 radical (unpaired) electrons. The van der Waals surface area contributed by atoms with Crippen molar-refractivity contribution in [3.05, 3.63) is 0 Å². The molecular formula is C14H26N2OS. The van der Waals surface area contributed by atoms with E-state index in [9.17, 15) is 0 Å². The Hall–Kier alpha value is -0.220. The van der Waals surface area contributed by atoms with E-state index in [-0.39, 0.29) is 0 Å². The molecule has 104 valence electrons. The van der Waals surface area contributed by atoms with Gasteiger partial charge in [-0.1, -0.05) is 25.6 Å². The van der Waals surface area contributed by atoms with Crippen LogP contribution in [0.25, 0.3) is 0 Å². The summed E-state index contributed by atoms with van der Waals surface area (Å²) in [6.45, 7) is 6.43. The average molecular weight is 270 g/mol. The second-order valence-corrected chi connectivity index (χ2v) is 7.15. The highest BCUT2D eigenvalue weighted by molar-refractivity contribution is 8.14. The van der Waals surface area contributed by atoms with E-state index in [1.807, 2.05) is 11.8 Å². The van der Waals surface area contributed by atoms with E-state index in [4.69, 9.17) is 9.73 Å². The van der Waals surface area contributed by atoms with Crippen molar-refractivity contribution in [3.8, 4) is 0 Å². The van der Waals surface area contributed by atoms with E-state index < -0.39 is 0 Å². The number of thioether (sulfide) groups is 1. The van der Waals surface area contributed by atoms with Crippen LogP contribution >= 0.6 is 11.8 Å². The molecule has 18 heavy (non-hydrogen) atoms. The molecule has 2 rings (SSSR count). The van der Waals surface area contributed by atoms with Gasteiger partial charge in [-0.2, -0.15) is 0 Å². The monoisotopic (exact) mass is 270 g/mol. The summed E-state index contributed by atoms with van der Waals surface area (Å²) in [7, 11) is 1.78. The summed E-state index contributed by atoms with van der Waals surface area (Å²) < 4.78 is 5.18. The van der Waals surface area contributed by atoms with E-state index in [1.54, 1.807) is 7.11 Å². The molecule has 0 aromatic rings. The van der Waals surface area contributed by atoms with Crippen LogP contribution < -0.4 is 5.32 Å². The van der Waals surface area contributed by atoms with Gasteiger partial charge in [0.2, 0.25) is 0 Å². The highest BCUT2D eigenvalue weighted by atomic mass is 32.2. The van der Waals surface area contributed by atoms with Crippen LogP contribution in [-0.4, -0.2) is 37.2 Å². The Morgan fingerprint density at radius 3 is 2.89 bits per heavy atom. The fraction of sp³-hybridized carbons (Fsp3) is 0.929. The van der Waals surface area contributed by atoms with Crippen LogP contribution in [0.5, 0.6) is 0 Å². The third kappa shape index (κ3) is 4.16. The lowest BCUT2D eigenvalue weighted by Gasteiger charge is -2.13. The zero-order valence-electron chi connectivity index (χ0n) is 11.9. The Balaban J connectivity index is 1.74. The van der Waals surface area contributed by atoms with Crippen molar-refractivity contribution in [2.75, 3.05) is 26.0 Å². The highest BCUT2D eigenvalue weighted by Crippen LogP contribution is 2.49. The molecule has 1 aliphatic carbocycles. The molecule has 1 unspecified atom stereocenters. The molecule has 0 aromatic carbocycles. The Labute approximate surface area is 115 Å². The zero-order chi connectivity index (χ0) is 13.0. The predicted octanol–water partition coefficient (Wildman–Crippen LogP) is 2.91. The van der Waals surface area contributed by atoms with E-state index in [2.05, 4.69) is 19.2 Å². The number of rotatable bonds is 7. The van der Waals surface area contributed by atoms with E-state index in [0.717, 1.165) is 19.1 Å². The lowest BCUT2D eigenvalue weighted by molar-refractivity contribution is 0.174. The third-order valence-electron chi connectivity index (χ3n) is 3.86. The topological polar surface area (TPSA) is 33.6 Å². The minimum Gasteiger partial charge on any atom is -0.385 e. The van der Waals surface area contributed by atoms with Gasteiger partial charge < -0.3 is 10.1 Å². The summed E-state index contributed by atoms with van der Waals surface area (Å²) in [6, 6.07) is 0.628. The molecule has 1 saturated heterocycles. The largest absolute Gasteiger partial charge is 0.385 e. The van der Waals surface area contributed by atoms with Crippen LogP contribution in [0.4, 0.5) is 0 Å². The van der Waals surface area contributed by atoms with E-state index >= 15 is 0 Å². The van der Waals surface area contributed by atoms with Gasteiger partial charge in [0, 0.05) is 32.1 Å². The molecule has 3 nitrogen and oxygen atoms in total. The SMILES string of the molecule is COCCC1(CN=C2NC(CC(C)C)CS2)CC1. The predicted molar refractivity (Wildman–Crippen MR) is 79.3 cm³/mol. The van der Waals surface area contributed by atoms with Crippen molar-refractivity contribution >= 4 is 16.9 Å². The van der Waals surface area contributed by atoms with Crippen molar-refractivity contribution in [3.63, 3.8) is 0 Å². The molecule has 1 N–H and O–H groups in total. The lowest BCUT2D eigenvalue weighted by atomic mass is 10.0. The van der Waals surface area contributed by atoms with Gasteiger partial charge in [-0.3, -0.25) is 4.99 Å². The summed E-state index contributed by atoms with van der Waals surface area (Å²) in [5, 5.41) is 4.73. The van der Waals surface area contributed by atoms with E-state index in [1.165, 1.54) is 36.6 Å².